The van der Waals surface area contributed by atoms with Crippen molar-refractivity contribution >= 4 is 22.8 Å². The molecule has 0 unspecified atom stereocenters. The molecule has 26 heavy (non-hydrogen) atoms. The second-order valence-corrected chi connectivity index (χ2v) is 7.48. The molecule has 0 saturated carbocycles. The molecule has 2 amide bonds. The number of likely N-dealkylation sites (N-methyl/N-ethyl adjacent to an activating group) is 1. The van der Waals surface area contributed by atoms with Crippen molar-refractivity contribution in [2.45, 2.75) is 32.6 Å². The minimum atomic E-state index is -0.219. The molecule has 0 bridgehead atoms. The topological polar surface area (TPSA) is 79.6 Å². The molecule has 0 spiro atoms. The lowest BCUT2D eigenvalue weighted by molar-refractivity contribution is 0.160. The van der Waals surface area contributed by atoms with Gasteiger partial charge in [0.1, 0.15) is 5.52 Å². The SMILES string of the molecule is COCCN(C)CCCNC(=O)Nc1ccc2oc(C(C)(C)C)nc2c1. The number of oxazole rings is 1. The van der Waals surface area contributed by atoms with Crippen molar-refractivity contribution in [2.75, 3.05) is 45.7 Å². The number of nitrogens with zero attached hydrogens (tertiary/aromatic N) is 2. The zero-order chi connectivity index (χ0) is 19.2. The maximum atomic E-state index is 12.0. The molecular weight excluding hydrogens is 332 g/mol. The van der Waals surface area contributed by atoms with Crippen LogP contribution >= 0.6 is 0 Å². The van der Waals surface area contributed by atoms with E-state index in [1.54, 1.807) is 7.11 Å². The molecule has 0 radical (unpaired) electrons. The number of hydrogen-bond acceptors (Lipinski definition) is 5. The van der Waals surface area contributed by atoms with Crippen molar-refractivity contribution in [2.24, 2.45) is 0 Å². The number of ether oxygens (including phenoxy) is 1. The molecule has 0 aliphatic heterocycles. The number of anilines is 1. The number of carbonyl (C=O) groups excluding carboxylic acids is 1. The second-order valence-electron chi connectivity index (χ2n) is 7.48. The highest BCUT2D eigenvalue weighted by molar-refractivity contribution is 5.91. The second kappa shape index (κ2) is 9.00. The summed E-state index contributed by atoms with van der Waals surface area (Å²) < 4.78 is 10.8. The van der Waals surface area contributed by atoms with Gasteiger partial charge in [0.2, 0.25) is 5.89 Å². The molecule has 7 heteroatoms. The quantitative estimate of drug-likeness (QED) is 0.705. The van der Waals surface area contributed by atoms with Crippen LogP contribution in [0.2, 0.25) is 0 Å². The van der Waals surface area contributed by atoms with E-state index in [0.29, 0.717) is 24.7 Å². The molecule has 2 aromatic rings. The Morgan fingerprint density at radius 3 is 2.77 bits per heavy atom. The van der Waals surface area contributed by atoms with Crippen LogP contribution in [0.15, 0.2) is 22.6 Å². The number of carbonyl (C=O) groups is 1. The minimum Gasteiger partial charge on any atom is -0.440 e. The van der Waals surface area contributed by atoms with E-state index in [9.17, 15) is 4.79 Å². The van der Waals surface area contributed by atoms with E-state index < -0.39 is 0 Å². The fourth-order valence-electron chi connectivity index (χ4n) is 2.41. The fraction of sp³-hybridized carbons (Fsp3) is 0.579. The molecule has 0 aliphatic rings. The first-order valence-electron chi connectivity index (χ1n) is 8.93. The molecule has 2 N–H and O–H groups in total. The van der Waals surface area contributed by atoms with E-state index in [1.807, 2.05) is 25.2 Å². The van der Waals surface area contributed by atoms with Crippen molar-refractivity contribution in [3.8, 4) is 0 Å². The molecule has 0 saturated heterocycles. The lowest BCUT2D eigenvalue weighted by atomic mass is 9.97. The zero-order valence-electron chi connectivity index (χ0n) is 16.4. The third kappa shape index (κ3) is 6.00. The summed E-state index contributed by atoms with van der Waals surface area (Å²) in [5.41, 5.74) is 2.01. The highest BCUT2D eigenvalue weighted by Crippen LogP contribution is 2.27. The van der Waals surface area contributed by atoms with Crippen LogP contribution in [0.3, 0.4) is 0 Å². The van der Waals surface area contributed by atoms with Crippen LogP contribution in [-0.2, 0) is 10.2 Å². The van der Waals surface area contributed by atoms with Gasteiger partial charge in [0.15, 0.2) is 5.58 Å². The van der Waals surface area contributed by atoms with Crippen molar-refractivity contribution in [1.82, 2.24) is 15.2 Å². The average Bonchev–Trinajstić information content (AvgIpc) is 3.00. The lowest BCUT2D eigenvalue weighted by Gasteiger charge is -2.15. The van der Waals surface area contributed by atoms with Gasteiger partial charge >= 0.3 is 6.03 Å². The number of methoxy groups -OCH3 is 1. The number of hydrogen-bond donors (Lipinski definition) is 2. The highest BCUT2D eigenvalue weighted by atomic mass is 16.5. The Morgan fingerprint density at radius 2 is 2.08 bits per heavy atom. The van der Waals surface area contributed by atoms with E-state index in [0.717, 1.165) is 30.6 Å². The van der Waals surface area contributed by atoms with Gasteiger partial charge in [-0.2, -0.15) is 0 Å². The summed E-state index contributed by atoms with van der Waals surface area (Å²) >= 11 is 0. The maximum Gasteiger partial charge on any atom is 0.319 e. The Balaban J connectivity index is 1.81. The predicted octanol–water partition coefficient (Wildman–Crippen LogP) is 3.22. The van der Waals surface area contributed by atoms with Crippen molar-refractivity contribution in [3.05, 3.63) is 24.1 Å². The van der Waals surface area contributed by atoms with E-state index in [2.05, 4.69) is 41.3 Å². The van der Waals surface area contributed by atoms with Crippen molar-refractivity contribution in [1.29, 1.82) is 0 Å². The van der Waals surface area contributed by atoms with Gasteiger partial charge in [-0.15, -0.1) is 0 Å². The number of benzene rings is 1. The van der Waals surface area contributed by atoms with Crippen LogP contribution in [-0.4, -0.2) is 56.3 Å². The molecule has 1 heterocycles. The standard InChI is InChI=1S/C19H30N4O3/c1-19(2,3)17-22-15-13-14(7-8-16(15)26-17)21-18(24)20-9-6-10-23(4)11-12-25-5/h7-8,13H,6,9-12H2,1-5H3,(H2,20,21,24). The summed E-state index contributed by atoms with van der Waals surface area (Å²) in [6.45, 7) is 9.28. The van der Waals surface area contributed by atoms with E-state index in [1.165, 1.54) is 0 Å². The first-order valence-corrected chi connectivity index (χ1v) is 8.93. The maximum absolute atomic E-state index is 12.0. The van der Waals surface area contributed by atoms with Gasteiger partial charge < -0.3 is 24.7 Å². The van der Waals surface area contributed by atoms with Crippen molar-refractivity contribution < 1.29 is 13.9 Å². The first kappa shape index (κ1) is 20.2. The molecule has 1 aromatic heterocycles. The number of urea groups is 1. The summed E-state index contributed by atoms with van der Waals surface area (Å²) in [6.07, 6.45) is 0.880. The van der Waals surface area contributed by atoms with Gasteiger partial charge in [0.05, 0.1) is 6.61 Å². The Bertz CT molecular complexity index is 721. The third-order valence-corrected chi connectivity index (χ3v) is 3.97. The summed E-state index contributed by atoms with van der Waals surface area (Å²) in [4.78, 5) is 18.7. The predicted molar refractivity (Wildman–Crippen MR) is 104 cm³/mol. The van der Waals surface area contributed by atoms with Gasteiger partial charge in [-0.1, -0.05) is 20.8 Å². The van der Waals surface area contributed by atoms with Crippen LogP contribution in [0.5, 0.6) is 0 Å². The van der Waals surface area contributed by atoms with Crippen LogP contribution in [0.4, 0.5) is 10.5 Å². The zero-order valence-corrected chi connectivity index (χ0v) is 16.4. The molecule has 0 atom stereocenters. The molecule has 0 aliphatic carbocycles. The summed E-state index contributed by atoms with van der Waals surface area (Å²) in [5.74, 6) is 0.687. The molecular formula is C19H30N4O3. The highest BCUT2D eigenvalue weighted by Gasteiger charge is 2.21. The van der Waals surface area contributed by atoms with Gasteiger partial charge in [-0.3, -0.25) is 0 Å². The van der Waals surface area contributed by atoms with Gasteiger partial charge in [-0.05, 0) is 38.2 Å². The van der Waals surface area contributed by atoms with Gasteiger partial charge in [0, 0.05) is 31.3 Å². The third-order valence-electron chi connectivity index (χ3n) is 3.97. The molecule has 2 rings (SSSR count). The molecule has 7 nitrogen and oxygen atoms in total. The van der Waals surface area contributed by atoms with E-state index in [4.69, 9.17) is 9.15 Å². The van der Waals surface area contributed by atoms with Gasteiger partial charge in [-0.25, -0.2) is 9.78 Å². The Kier molecular flexibility index (Phi) is 6.99. The van der Waals surface area contributed by atoms with Crippen LogP contribution in [0.25, 0.3) is 11.1 Å². The monoisotopic (exact) mass is 362 g/mol. The normalized spacial score (nSPS) is 11.9. The Hall–Kier alpha value is -2.12. The number of nitrogens with one attached hydrogen (secondary N) is 2. The van der Waals surface area contributed by atoms with Crippen LogP contribution in [0.1, 0.15) is 33.1 Å². The smallest absolute Gasteiger partial charge is 0.319 e. The first-order chi connectivity index (χ1) is 12.3. The lowest BCUT2D eigenvalue weighted by Crippen LogP contribution is -2.32. The van der Waals surface area contributed by atoms with Crippen molar-refractivity contribution in [3.63, 3.8) is 0 Å². The number of rotatable bonds is 8. The summed E-state index contributed by atoms with van der Waals surface area (Å²) in [5, 5.41) is 5.71. The Morgan fingerprint density at radius 1 is 1.31 bits per heavy atom. The largest absolute Gasteiger partial charge is 0.440 e. The molecule has 0 fully saturated rings. The fourth-order valence-corrected chi connectivity index (χ4v) is 2.41. The number of fused-ring (bicyclic) bond motifs is 1. The van der Waals surface area contributed by atoms with Gasteiger partial charge in [0.25, 0.3) is 0 Å². The average molecular weight is 362 g/mol. The van der Waals surface area contributed by atoms with E-state index >= 15 is 0 Å². The Labute approximate surface area is 155 Å². The van der Waals surface area contributed by atoms with E-state index in [-0.39, 0.29) is 11.4 Å². The minimum absolute atomic E-state index is 0.152. The summed E-state index contributed by atoms with van der Waals surface area (Å²) in [7, 11) is 3.73. The number of amides is 2. The number of aromatic nitrogens is 1. The molecule has 1 aromatic carbocycles. The molecule has 144 valence electrons. The van der Waals surface area contributed by atoms with Crippen LogP contribution in [0, 0.1) is 0 Å². The summed E-state index contributed by atoms with van der Waals surface area (Å²) in [6, 6.07) is 5.26. The van der Waals surface area contributed by atoms with Crippen LogP contribution < -0.4 is 10.6 Å².